The molecule has 48 heavy (non-hydrogen) atoms. The Bertz CT molecular complexity index is 1670. The Hall–Kier alpha value is -4.75. The molecule has 0 radical (unpaired) electrons. The smallest absolute Gasteiger partial charge is 0.427 e. The summed E-state index contributed by atoms with van der Waals surface area (Å²) in [6.07, 6.45) is -2.95. The highest BCUT2D eigenvalue weighted by Crippen LogP contribution is 2.40. The highest BCUT2D eigenvalue weighted by molar-refractivity contribution is 5.88. The van der Waals surface area contributed by atoms with Gasteiger partial charge in [-0.25, -0.2) is 14.4 Å². The normalized spacial score (nSPS) is 22.1. The third-order valence-electron chi connectivity index (χ3n) is 8.91. The third kappa shape index (κ3) is 6.78. The fourth-order valence-corrected chi connectivity index (χ4v) is 6.50. The van der Waals surface area contributed by atoms with Crippen LogP contribution in [0.25, 0.3) is 21.8 Å². The number of fused-ring (bicyclic) bond motifs is 2. The van der Waals surface area contributed by atoms with Crippen molar-refractivity contribution in [3.63, 3.8) is 0 Å². The maximum absolute atomic E-state index is 14.0. The van der Waals surface area contributed by atoms with Crippen LogP contribution in [0.5, 0.6) is 0 Å². The van der Waals surface area contributed by atoms with Gasteiger partial charge < -0.3 is 48.2 Å². The fourth-order valence-electron chi connectivity index (χ4n) is 6.50. The average molecular weight is 663 g/mol. The number of benzene rings is 2. The summed E-state index contributed by atoms with van der Waals surface area (Å²) in [4.78, 5) is 49.4. The van der Waals surface area contributed by atoms with Crippen molar-refractivity contribution in [1.82, 2.24) is 19.8 Å². The molecule has 0 bridgehead atoms. The van der Waals surface area contributed by atoms with E-state index in [4.69, 9.17) is 28.4 Å². The van der Waals surface area contributed by atoms with Crippen molar-refractivity contribution in [2.75, 3.05) is 41.3 Å². The van der Waals surface area contributed by atoms with Crippen molar-refractivity contribution >= 4 is 40.3 Å². The van der Waals surface area contributed by atoms with Gasteiger partial charge in [-0.3, -0.25) is 0 Å². The Labute approximate surface area is 278 Å². The molecule has 0 aliphatic carbocycles. The number of hydrogen-bond donors (Lipinski definition) is 2. The second kappa shape index (κ2) is 13.8. The van der Waals surface area contributed by atoms with Crippen LogP contribution in [-0.2, 0) is 41.3 Å². The molecule has 2 aliphatic rings. The first-order valence-corrected chi connectivity index (χ1v) is 16.1. The van der Waals surface area contributed by atoms with E-state index in [1.54, 1.807) is 13.8 Å². The number of aromatic nitrogens is 2. The number of rotatable bonds is 12. The van der Waals surface area contributed by atoms with Gasteiger partial charge in [-0.15, -0.1) is 0 Å². The maximum Gasteiger partial charge on any atom is 0.509 e. The Morgan fingerprint density at radius 1 is 0.708 bits per heavy atom. The monoisotopic (exact) mass is 662 g/mol. The molecule has 2 N–H and O–H groups in total. The van der Waals surface area contributed by atoms with Crippen molar-refractivity contribution in [1.29, 1.82) is 0 Å². The predicted molar refractivity (Wildman–Crippen MR) is 176 cm³/mol. The van der Waals surface area contributed by atoms with E-state index in [0.29, 0.717) is 11.1 Å². The minimum atomic E-state index is -1.09. The Morgan fingerprint density at radius 2 is 1.12 bits per heavy atom. The van der Waals surface area contributed by atoms with Gasteiger partial charge in [0.15, 0.2) is 24.4 Å². The molecule has 0 saturated carbocycles. The van der Waals surface area contributed by atoms with Gasteiger partial charge in [0.2, 0.25) is 0 Å². The number of nitrogens with one attached hydrogen (secondary N) is 2. The van der Waals surface area contributed by atoms with Crippen LogP contribution in [0, 0.1) is 0 Å². The van der Waals surface area contributed by atoms with Crippen molar-refractivity contribution in [2.24, 2.45) is 0 Å². The minimum absolute atomic E-state index is 0.633. The molecule has 2 aromatic heterocycles. The van der Waals surface area contributed by atoms with Crippen LogP contribution in [0.4, 0.5) is 14.4 Å². The van der Waals surface area contributed by atoms with Gasteiger partial charge in [0.25, 0.3) is 0 Å². The molecule has 6 atom stereocenters. The van der Waals surface area contributed by atoms with Gasteiger partial charge in [0, 0.05) is 58.4 Å². The number of cyclic esters (lactones) is 4. The van der Waals surface area contributed by atoms with Crippen molar-refractivity contribution in [2.45, 2.75) is 63.3 Å². The number of H-pyrrole nitrogens is 2. The number of carbonyl (C=O) groups excluding carboxylic acids is 3. The summed E-state index contributed by atoms with van der Waals surface area (Å²) < 4.78 is 34.1. The van der Waals surface area contributed by atoms with E-state index in [2.05, 4.69) is 19.8 Å². The number of hydrogen-bond acceptors (Lipinski definition) is 11. The number of carbonyl (C=O) groups is 3. The van der Waals surface area contributed by atoms with Gasteiger partial charge in [-0.05, 0) is 78.1 Å². The topological polar surface area (TPSA) is 145 Å². The van der Waals surface area contributed by atoms with Crippen LogP contribution in [0.3, 0.4) is 0 Å². The van der Waals surface area contributed by atoms with Crippen molar-refractivity contribution < 1.29 is 42.8 Å². The highest BCUT2D eigenvalue weighted by atomic mass is 16.8. The van der Waals surface area contributed by atoms with E-state index in [1.165, 1.54) is 0 Å². The first-order valence-electron chi connectivity index (χ1n) is 16.1. The first-order chi connectivity index (χ1) is 23.0. The molecule has 2 aliphatic heterocycles. The fraction of sp³-hybridized carbons (Fsp3) is 0.457. The largest absolute Gasteiger partial charge is 0.509 e. The lowest BCUT2D eigenvalue weighted by Gasteiger charge is -2.28. The molecule has 256 valence electrons. The maximum atomic E-state index is 14.0. The summed E-state index contributed by atoms with van der Waals surface area (Å²) in [5, 5.41) is 1.72. The van der Waals surface area contributed by atoms with Crippen LogP contribution < -0.4 is 0 Å². The molecule has 13 heteroatoms. The lowest BCUT2D eigenvalue weighted by molar-refractivity contribution is -0.0689. The molecule has 6 unspecified atom stereocenters. The lowest BCUT2D eigenvalue weighted by atomic mass is 9.94. The van der Waals surface area contributed by atoms with E-state index >= 15 is 0 Å². The van der Waals surface area contributed by atoms with E-state index in [9.17, 15) is 14.4 Å². The number of likely N-dealkylation sites (N-methyl/N-ethyl adjacent to an activating group) is 2. The van der Waals surface area contributed by atoms with Crippen LogP contribution in [0.1, 0.15) is 48.3 Å². The minimum Gasteiger partial charge on any atom is -0.427 e. The Balaban J connectivity index is 1.38. The molecular weight excluding hydrogens is 620 g/mol. The van der Waals surface area contributed by atoms with Crippen LogP contribution >= 0.6 is 0 Å². The molecule has 6 rings (SSSR count). The summed E-state index contributed by atoms with van der Waals surface area (Å²) in [7, 11) is 7.99. The van der Waals surface area contributed by atoms with Crippen LogP contribution in [-0.4, -0.2) is 104 Å². The van der Waals surface area contributed by atoms with Crippen LogP contribution in [0.2, 0.25) is 0 Å². The Morgan fingerprint density at radius 3 is 1.48 bits per heavy atom. The molecule has 13 nitrogen and oxygen atoms in total. The van der Waals surface area contributed by atoms with Crippen molar-refractivity contribution in [3.8, 4) is 0 Å². The van der Waals surface area contributed by atoms with E-state index in [0.717, 1.165) is 58.9 Å². The summed E-state index contributed by atoms with van der Waals surface area (Å²) in [5.74, 6) is 0. The molecule has 0 spiro atoms. The van der Waals surface area contributed by atoms with Gasteiger partial charge in [0.1, 0.15) is 12.2 Å². The average Bonchev–Trinajstić information content (AvgIpc) is 3.81. The summed E-state index contributed by atoms with van der Waals surface area (Å²) in [6.45, 7) is 4.94. The van der Waals surface area contributed by atoms with Crippen LogP contribution in [0.15, 0.2) is 48.8 Å². The number of aromatic amines is 2. The summed E-state index contributed by atoms with van der Waals surface area (Å²) in [5.41, 5.74) is 4.97. The third-order valence-corrected chi connectivity index (χ3v) is 8.91. The second-order valence-electron chi connectivity index (χ2n) is 12.9. The predicted octanol–water partition coefficient (Wildman–Crippen LogP) is 5.64. The number of nitrogens with zero attached hydrogens (tertiary/aromatic N) is 2. The highest BCUT2D eigenvalue weighted by Gasteiger charge is 2.46. The standard InChI is InChI=1S/C35H42N4O9/c1-19-29(45-33(40)43-19)31(23-9-7-11-25-27(23)21(17-36-25)13-15-38(3)4)47-35(42)48-32(30-20(2)44-34(41)46-30)24-10-8-12-26-28(24)22(18-37-26)14-16-39(5)6/h7-12,17-20,29-32,36-37H,13-16H2,1-6H3. The number of ether oxygens (including phenoxy) is 6. The lowest BCUT2D eigenvalue weighted by Crippen LogP contribution is -2.34. The molecule has 0 amide bonds. The summed E-state index contributed by atoms with van der Waals surface area (Å²) in [6, 6.07) is 11.2. The molecule has 2 aromatic carbocycles. The molecule has 2 fully saturated rings. The first kappa shape index (κ1) is 33.2. The van der Waals surface area contributed by atoms with E-state index in [-0.39, 0.29) is 0 Å². The zero-order chi connectivity index (χ0) is 34.1. The van der Waals surface area contributed by atoms with Gasteiger partial charge in [0.05, 0.1) is 0 Å². The van der Waals surface area contributed by atoms with E-state index < -0.39 is 55.1 Å². The van der Waals surface area contributed by atoms with Gasteiger partial charge >= 0.3 is 18.5 Å². The Kier molecular flexibility index (Phi) is 9.51. The molecule has 4 aromatic rings. The zero-order valence-corrected chi connectivity index (χ0v) is 28.0. The molecule has 4 heterocycles. The van der Waals surface area contributed by atoms with Crippen molar-refractivity contribution in [3.05, 3.63) is 71.0 Å². The molecule has 2 saturated heterocycles. The van der Waals surface area contributed by atoms with Gasteiger partial charge in [-0.2, -0.15) is 0 Å². The zero-order valence-electron chi connectivity index (χ0n) is 28.0. The van der Waals surface area contributed by atoms with Gasteiger partial charge in [-0.1, -0.05) is 24.3 Å². The molecular formula is C35H42N4O9. The van der Waals surface area contributed by atoms with E-state index in [1.807, 2.05) is 77.0 Å². The second-order valence-corrected chi connectivity index (χ2v) is 12.9. The quantitative estimate of drug-likeness (QED) is 0.144. The summed E-state index contributed by atoms with van der Waals surface area (Å²) >= 11 is 0. The SMILES string of the molecule is CC1OC(=O)OC1C(OC(=O)OC(c1cccc2[nH]cc(CCN(C)C)c12)C1OC(=O)OC1C)c1cccc2[nH]cc(CCN(C)C)c12.